The van der Waals surface area contributed by atoms with Crippen molar-refractivity contribution in [3.05, 3.63) is 57.5 Å². The van der Waals surface area contributed by atoms with Crippen molar-refractivity contribution in [1.29, 1.82) is 0 Å². The Bertz CT molecular complexity index is 604. The van der Waals surface area contributed by atoms with Crippen LogP contribution < -0.4 is 5.32 Å². The van der Waals surface area contributed by atoms with Crippen molar-refractivity contribution in [1.82, 2.24) is 5.32 Å². The van der Waals surface area contributed by atoms with Crippen molar-refractivity contribution < 1.29 is 9.21 Å². The first-order chi connectivity index (χ1) is 8.97. The Morgan fingerprint density at radius 3 is 2.58 bits per heavy atom. The summed E-state index contributed by atoms with van der Waals surface area (Å²) in [5.74, 6) is 1.48. The van der Waals surface area contributed by atoms with Gasteiger partial charge in [0.15, 0.2) is 0 Å². The lowest BCUT2D eigenvalue weighted by molar-refractivity contribution is 0.0934. The Labute approximate surface area is 121 Å². The first-order valence-corrected chi connectivity index (χ1v) is 6.90. The van der Waals surface area contributed by atoms with E-state index in [-0.39, 0.29) is 11.9 Å². The van der Waals surface area contributed by atoms with Gasteiger partial charge in [-0.2, -0.15) is 0 Å². The van der Waals surface area contributed by atoms with Gasteiger partial charge in [0.1, 0.15) is 11.5 Å². The fourth-order valence-electron chi connectivity index (χ4n) is 1.84. The topological polar surface area (TPSA) is 42.2 Å². The van der Waals surface area contributed by atoms with Gasteiger partial charge in [0.25, 0.3) is 5.91 Å². The summed E-state index contributed by atoms with van der Waals surface area (Å²) in [6, 6.07) is 9.27. The van der Waals surface area contributed by atoms with E-state index in [2.05, 4.69) is 21.2 Å². The fraction of sp³-hybridized carbons (Fsp3) is 0.267. The predicted molar refractivity (Wildman–Crippen MR) is 78.2 cm³/mol. The molecule has 1 aromatic heterocycles. The summed E-state index contributed by atoms with van der Waals surface area (Å²) >= 11 is 3.41. The summed E-state index contributed by atoms with van der Waals surface area (Å²) in [6.07, 6.45) is 0. The standard InChI is InChI=1S/C15H16BrNO2/c1-9-4-6-12(13(16)8-9)15(18)17-11(3)14-7-5-10(2)19-14/h4-8,11H,1-3H3,(H,17,18). The molecule has 0 fully saturated rings. The third kappa shape index (κ3) is 3.26. The van der Waals surface area contributed by atoms with Crippen LogP contribution in [-0.2, 0) is 0 Å². The molecule has 0 bridgehead atoms. The summed E-state index contributed by atoms with van der Waals surface area (Å²) < 4.78 is 6.30. The number of nitrogens with one attached hydrogen (secondary N) is 1. The summed E-state index contributed by atoms with van der Waals surface area (Å²) in [5, 5.41) is 2.92. The monoisotopic (exact) mass is 321 g/mol. The van der Waals surface area contributed by atoms with E-state index in [0.717, 1.165) is 21.6 Å². The van der Waals surface area contributed by atoms with Gasteiger partial charge in [-0.05, 0) is 66.5 Å². The summed E-state index contributed by atoms with van der Waals surface area (Å²) in [5.41, 5.74) is 1.74. The van der Waals surface area contributed by atoms with Gasteiger partial charge < -0.3 is 9.73 Å². The number of carbonyl (C=O) groups is 1. The second-order valence-electron chi connectivity index (χ2n) is 4.63. The van der Waals surface area contributed by atoms with E-state index < -0.39 is 0 Å². The molecule has 2 rings (SSSR count). The van der Waals surface area contributed by atoms with Crippen LogP contribution in [0.5, 0.6) is 0 Å². The van der Waals surface area contributed by atoms with Gasteiger partial charge in [0, 0.05) is 4.47 Å². The predicted octanol–water partition coefficient (Wildman–Crippen LogP) is 4.15. The lowest BCUT2D eigenvalue weighted by Crippen LogP contribution is -2.26. The van der Waals surface area contributed by atoms with Gasteiger partial charge in [-0.15, -0.1) is 0 Å². The molecule has 0 aliphatic rings. The van der Waals surface area contributed by atoms with E-state index in [1.807, 2.05) is 51.1 Å². The number of furan rings is 1. The van der Waals surface area contributed by atoms with Crippen LogP contribution in [0.4, 0.5) is 0 Å². The van der Waals surface area contributed by atoms with Crippen molar-refractivity contribution >= 4 is 21.8 Å². The molecule has 1 amide bonds. The molecule has 0 saturated carbocycles. The molecule has 0 aliphatic carbocycles. The van der Waals surface area contributed by atoms with Crippen molar-refractivity contribution in [2.45, 2.75) is 26.8 Å². The lowest BCUT2D eigenvalue weighted by Gasteiger charge is -2.12. The van der Waals surface area contributed by atoms with Crippen LogP contribution in [0.3, 0.4) is 0 Å². The second-order valence-corrected chi connectivity index (χ2v) is 5.48. The highest BCUT2D eigenvalue weighted by atomic mass is 79.9. The van der Waals surface area contributed by atoms with Gasteiger partial charge in [0.05, 0.1) is 11.6 Å². The van der Waals surface area contributed by atoms with Gasteiger partial charge in [-0.1, -0.05) is 6.07 Å². The molecule has 0 spiro atoms. The number of carbonyl (C=O) groups excluding carboxylic acids is 1. The first kappa shape index (κ1) is 13.9. The fourth-order valence-corrected chi connectivity index (χ4v) is 2.51. The number of benzene rings is 1. The Balaban J connectivity index is 2.12. The Morgan fingerprint density at radius 1 is 1.26 bits per heavy atom. The minimum Gasteiger partial charge on any atom is -0.464 e. The summed E-state index contributed by atoms with van der Waals surface area (Å²) in [7, 11) is 0. The van der Waals surface area contributed by atoms with E-state index in [4.69, 9.17) is 4.42 Å². The molecule has 1 N–H and O–H groups in total. The highest BCUT2D eigenvalue weighted by Crippen LogP contribution is 2.20. The van der Waals surface area contributed by atoms with E-state index in [1.165, 1.54) is 0 Å². The third-order valence-electron chi connectivity index (χ3n) is 2.90. The number of halogens is 1. The Hall–Kier alpha value is -1.55. The van der Waals surface area contributed by atoms with Crippen LogP contribution in [0.1, 0.15) is 40.4 Å². The minimum absolute atomic E-state index is 0.117. The SMILES string of the molecule is Cc1ccc(C(=O)NC(C)c2ccc(C)o2)c(Br)c1. The maximum Gasteiger partial charge on any atom is 0.253 e. The molecule has 1 atom stereocenters. The number of rotatable bonds is 3. The number of aryl methyl sites for hydroxylation is 2. The minimum atomic E-state index is -0.158. The average Bonchev–Trinajstić information content (AvgIpc) is 2.75. The zero-order valence-corrected chi connectivity index (χ0v) is 12.7. The van der Waals surface area contributed by atoms with Crippen LogP contribution >= 0.6 is 15.9 Å². The quantitative estimate of drug-likeness (QED) is 0.922. The number of amides is 1. The van der Waals surface area contributed by atoms with Crippen LogP contribution in [-0.4, -0.2) is 5.91 Å². The molecule has 0 aliphatic heterocycles. The molecule has 1 heterocycles. The number of hydrogen-bond donors (Lipinski definition) is 1. The van der Waals surface area contributed by atoms with E-state index in [0.29, 0.717) is 5.56 Å². The maximum atomic E-state index is 12.2. The molecule has 2 aromatic rings. The molecular weight excluding hydrogens is 306 g/mol. The van der Waals surface area contributed by atoms with E-state index in [9.17, 15) is 4.79 Å². The first-order valence-electron chi connectivity index (χ1n) is 6.10. The molecule has 0 radical (unpaired) electrons. The van der Waals surface area contributed by atoms with Crippen molar-refractivity contribution in [2.75, 3.05) is 0 Å². The van der Waals surface area contributed by atoms with Crippen molar-refractivity contribution in [3.8, 4) is 0 Å². The van der Waals surface area contributed by atoms with Crippen molar-refractivity contribution in [3.63, 3.8) is 0 Å². The highest BCUT2D eigenvalue weighted by molar-refractivity contribution is 9.10. The second kappa shape index (κ2) is 5.61. The zero-order valence-electron chi connectivity index (χ0n) is 11.2. The molecule has 1 unspecified atom stereocenters. The summed E-state index contributed by atoms with van der Waals surface area (Å²) in [6.45, 7) is 5.77. The summed E-state index contributed by atoms with van der Waals surface area (Å²) in [4.78, 5) is 12.2. The van der Waals surface area contributed by atoms with Crippen LogP contribution in [0.25, 0.3) is 0 Å². The van der Waals surface area contributed by atoms with Crippen LogP contribution in [0.15, 0.2) is 39.2 Å². The molecule has 19 heavy (non-hydrogen) atoms. The molecule has 0 saturated heterocycles. The highest BCUT2D eigenvalue weighted by Gasteiger charge is 2.15. The van der Waals surface area contributed by atoms with Gasteiger partial charge in [-0.25, -0.2) is 0 Å². The van der Waals surface area contributed by atoms with Gasteiger partial charge in [-0.3, -0.25) is 4.79 Å². The molecule has 100 valence electrons. The van der Waals surface area contributed by atoms with Crippen molar-refractivity contribution in [2.24, 2.45) is 0 Å². The number of hydrogen-bond acceptors (Lipinski definition) is 2. The molecule has 1 aromatic carbocycles. The molecular formula is C15H16BrNO2. The normalized spacial score (nSPS) is 12.2. The Morgan fingerprint density at radius 2 is 2.00 bits per heavy atom. The van der Waals surface area contributed by atoms with Crippen LogP contribution in [0.2, 0.25) is 0 Å². The largest absolute Gasteiger partial charge is 0.464 e. The molecule has 4 heteroatoms. The van der Waals surface area contributed by atoms with Crippen LogP contribution in [0, 0.1) is 13.8 Å². The Kier molecular flexibility index (Phi) is 4.10. The van der Waals surface area contributed by atoms with Gasteiger partial charge in [0.2, 0.25) is 0 Å². The van der Waals surface area contributed by atoms with E-state index >= 15 is 0 Å². The average molecular weight is 322 g/mol. The third-order valence-corrected chi connectivity index (χ3v) is 3.56. The smallest absolute Gasteiger partial charge is 0.253 e. The van der Waals surface area contributed by atoms with Gasteiger partial charge >= 0.3 is 0 Å². The van der Waals surface area contributed by atoms with E-state index in [1.54, 1.807) is 0 Å². The zero-order chi connectivity index (χ0) is 14.0. The molecule has 3 nitrogen and oxygen atoms in total. The maximum absolute atomic E-state index is 12.2. The lowest BCUT2D eigenvalue weighted by atomic mass is 10.1.